The van der Waals surface area contributed by atoms with Crippen molar-refractivity contribution in [1.29, 1.82) is 0 Å². The van der Waals surface area contributed by atoms with Crippen LogP contribution in [-0.4, -0.2) is 22.8 Å². The van der Waals surface area contributed by atoms with E-state index >= 15 is 0 Å². The number of nitrogens with zero attached hydrogens (tertiary/aromatic N) is 2. The maximum Gasteiger partial charge on any atom is 0.248 e. The third-order valence-electron chi connectivity index (χ3n) is 3.70. The fraction of sp³-hybridized carbons (Fsp3) is 0.100. The van der Waals surface area contributed by atoms with Crippen molar-refractivity contribution in [3.05, 3.63) is 82.6 Å². The highest BCUT2D eigenvalue weighted by Crippen LogP contribution is 2.24. The number of nitrogens with one attached hydrogen (secondary N) is 1. The second kappa shape index (κ2) is 8.49. The lowest BCUT2D eigenvalue weighted by atomic mass is 10.2. The van der Waals surface area contributed by atoms with Gasteiger partial charge in [0.1, 0.15) is 5.75 Å². The Hall–Kier alpha value is -2.86. The first-order valence-electron chi connectivity index (χ1n) is 8.03. The Morgan fingerprint density at radius 1 is 1.27 bits per heavy atom. The molecule has 0 aliphatic heterocycles. The van der Waals surface area contributed by atoms with Crippen LogP contribution in [0.15, 0.2) is 71.5 Å². The van der Waals surface area contributed by atoms with Gasteiger partial charge in [0.15, 0.2) is 0 Å². The zero-order valence-corrected chi connectivity index (χ0v) is 15.8. The molecular formula is C20H18BrN3O2. The minimum Gasteiger partial charge on any atom is -0.496 e. The van der Waals surface area contributed by atoms with Gasteiger partial charge in [-0.3, -0.25) is 9.48 Å². The summed E-state index contributed by atoms with van der Waals surface area (Å²) in [5.74, 6) is 0.502. The lowest BCUT2D eigenvalue weighted by Crippen LogP contribution is -2.08. The van der Waals surface area contributed by atoms with Gasteiger partial charge in [-0.15, -0.1) is 0 Å². The second-order valence-electron chi connectivity index (χ2n) is 5.61. The molecule has 1 heterocycles. The third-order valence-corrected chi connectivity index (χ3v) is 4.20. The standard InChI is InChI=1S/C20H18BrN3O2/c1-26-19-8-7-17(21)13-16(19)6-9-20(25)23-18-5-2-4-15(12-18)14-24-11-3-10-22-24/h2-13H,14H2,1H3,(H,23,25)/b9-6+. The molecule has 0 aliphatic carbocycles. The number of anilines is 1. The van der Waals surface area contributed by atoms with Crippen LogP contribution in [0.3, 0.4) is 0 Å². The molecule has 0 saturated carbocycles. The minimum absolute atomic E-state index is 0.205. The molecule has 132 valence electrons. The number of amides is 1. The Labute approximate surface area is 160 Å². The second-order valence-corrected chi connectivity index (χ2v) is 6.53. The van der Waals surface area contributed by atoms with Crippen molar-refractivity contribution in [3.8, 4) is 5.75 Å². The molecule has 3 rings (SSSR count). The molecular weight excluding hydrogens is 394 g/mol. The number of benzene rings is 2. The van der Waals surface area contributed by atoms with Crippen LogP contribution in [-0.2, 0) is 11.3 Å². The Kier molecular flexibility index (Phi) is 5.86. The number of hydrogen-bond donors (Lipinski definition) is 1. The maximum atomic E-state index is 12.2. The van der Waals surface area contributed by atoms with E-state index in [2.05, 4.69) is 26.3 Å². The van der Waals surface area contributed by atoms with Gasteiger partial charge in [0.05, 0.1) is 13.7 Å². The molecule has 26 heavy (non-hydrogen) atoms. The van der Waals surface area contributed by atoms with Crippen molar-refractivity contribution in [2.24, 2.45) is 0 Å². The molecule has 1 amide bonds. The van der Waals surface area contributed by atoms with E-state index in [1.54, 1.807) is 19.4 Å². The molecule has 0 unspecified atom stereocenters. The Bertz CT molecular complexity index is 921. The van der Waals surface area contributed by atoms with Crippen molar-refractivity contribution < 1.29 is 9.53 Å². The number of methoxy groups -OCH3 is 1. The average Bonchev–Trinajstić information content (AvgIpc) is 3.13. The number of carbonyl (C=O) groups excluding carboxylic acids is 1. The predicted molar refractivity (Wildman–Crippen MR) is 106 cm³/mol. The van der Waals surface area contributed by atoms with Crippen LogP contribution in [0.2, 0.25) is 0 Å². The number of rotatable bonds is 6. The van der Waals surface area contributed by atoms with Crippen molar-refractivity contribution in [3.63, 3.8) is 0 Å². The van der Waals surface area contributed by atoms with Crippen LogP contribution in [0.25, 0.3) is 6.08 Å². The van der Waals surface area contributed by atoms with Gasteiger partial charge in [-0.2, -0.15) is 5.10 Å². The van der Waals surface area contributed by atoms with E-state index < -0.39 is 0 Å². The van der Waals surface area contributed by atoms with Crippen molar-refractivity contribution >= 4 is 33.6 Å². The van der Waals surface area contributed by atoms with E-state index in [1.165, 1.54) is 6.08 Å². The summed E-state index contributed by atoms with van der Waals surface area (Å²) in [6, 6.07) is 15.2. The lowest BCUT2D eigenvalue weighted by Gasteiger charge is -2.07. The molecule has 3 aromatic rings. The molecule has 1 N–H and O–H groups in total. The zero-order chi connectivity index (χ0) is 18.4. The van der Waals surface area contributed by atoms with Gasteiger partial charge in [0, 0.05) is 34.2 Å². The quantitative estimate of drug-likeness (QED) is 0.613. The van der Waals surface area contributed by atoms with Gasteiger partial charge < -0.3 is 10.1 Å². The Balaban J connectivity index is 1.67. The first-order valence-corrected chi connectivity index (χ1v) is 8.82. The summed E-state index contributed by atoms with van der Waals surface area (Å²) >= 11 is 3.42. The average molecular weight is 412 g/mol. The van der Waals surface area contributed by atoms with Gasteiger partial charge in [-0.25, -0.2) is 0 Å². The Morgan fingerprint density at radius 3 is 2.92 bits per heavy atom. The third kappa shape index (κ3) is 4.83. The highest BCUT2D eigenvalue weighted by molar-refractivity contribution is 9.10. The SMILES string of the molecule is COc1ccc(Br)cc1/C=C/C(=O)Nc1cccc(Cn2cccn2)c1. The van der Waals surface area contributed by atoms with Gasteiger partial charge >= 0.3 is 0 Å². The summed E-state index contributed by atoms with van der Waals surface area (Å²) in [5.41, 5.74) is 2.62. The van der Waals surface area contributed by atoms with Gasteiger partial charge in [0.2, 0.25) is 5.91 Å². The smallest absolute Gasteiger partial charge is 0.248 e. The highest BCUT2D eigenvalue weighted by atomic mass is 79.9. The van der Waals surface area contributed by atoms with Gasteiger partial charge in [-0.1, -0.05) is 28.1 Å². The van der Waals surface area contributed by atoms with Crippen LogP contribution in [0.1, 0.15) is 11.1 Å². The number of hydrogen-bond acceptors (Lipinski definition) is 3. The van der Waals surface area contributed by atoms with Crippen LogP contribution in [0.5, 0.6) is 5.75 Å². The summed E-state index contributed by atoms with van der Waals surface area (Å²) in [7, 11) is 1.60. The predicted octanol–water partition coefficient (Wildman–Crippen LogP) is 4.35. The monoisotopic (exact) mass is 411 g/mol. The summed E-state index contributed by atoms with van der Waals surface area (Å²) in [6.45, 7) is 0.655. The summed E-state index contributed by atoms with van der Waals surface area (Å²) in [6.07, 6.45) is 6.86. The van der Waals surface area contributed by atoms with E-state index in [1.807, 2.05) is 59.4 Å². The van der Waals surface area contributed by atoms with Crippen LogP contribution in [0, 0.1) is 0 Å². The lowest BCUT2D eigenvalue weighted by molar-refractivity contribution is -0.111. The summed E-state index contributed by atoms with van der Waals surface area (Å²) < 4.78 is 8.06. The molecule has 0 spiro atoms. The molecule has 6 heteroatoms. The van der Waals surface area contributed by atoms with Crippen LogP contribution in [0.4, 0.5) is 5.69 Å². The first kappa shape index (κ1) is 17.9. The maximum absolute atomic E-state index is 12.2. The summed E-state index contributed by atoms with van der Waals surface area (Å²) in [5, 5.41) is 7.07. The first-order chi connectivity index (χ1) is 12.6. The minimum atomic E-state index is -0.205. The molecule has 0 aliphatic rings. The Morgan fingerprint density at radius 2 is 2.15 bits per heavy atom. The fourth-order valence-corrected chi connectivity index (χ4v) is 2.89. The van der Waals surface area contributed by atoms with E-state index in [9.17, 15) is 4.79 Å². The summed E-state index contributed by atoms with van der Waals surface area (Å²) in [4.78, 5) is 12.2. The number of halogens is 1. The number of aromatic nitrogens is 2. The zero-order valence-electron chi connectivity index (χ0n) is 14.2. The number of ether oxygens (including phenoxy) is 1. The number of carbonyl (C=O) groups is 1. The van der Waals surface area contributed by atoms with E-state index in [0.29, 0.717) is 12.3 Å². The van der Waals surface area contributed by atoms with Crippen molar-refractivity contribution in [2.75, 3.05) is 12.4 Å². The molecule has 0 bridgehead atoms. The molecule has 1 aromatic heterocycles. The molecule has 0 radical (unpaired) electrons. The molecule has 5 nitrogen and oxygen atoms in total. The topological polar surface area (TPSA) is 56.1 Å². The van der Waals surface area contributed by atoms with E-state index in [-0.39, 0.29) is 5.91 Å². The largest absolute Gasteiger partial charge is 0.496 e. The fourth-order valence-electron chi connectivity index (χ4n) is 2.51. The van der Waals surface area contributed by atoms with Gasteiger partial charge in [0.25, 0.3) is 0 Å². The molecule has 2 aromatic carbocycles. The highest BCUT2D eigenvalue weighted by Gasteiger charge is 2.03. The van der Waals surface area contributed by atoms with E-state index in [0.717, 1.165) is 21.3 Å². The van der Waals surface area contributed by atoms with Crippen LogP contribution < -0.4 is 10.1 Å². The van der Waals surface area contributed by atoms with E-state index in [4.69, 9.17) is 4.74 Å². The molecule has 0 atom stereocenters. The van der Waals surface area contributed by atoms with Crippen LogP contribution >= 0.6 is 15.9 Å². The molecule has 0 fully saturated rings. The van der Waals surface area contributed by atoms with Gasteiger partial charge in [-0.05, 0) is 48.0 Å². The van der Waals surface area contributed by atoms with Crippen molar-refractivity contribution in [2.45, 2.75) is 6.54 Å². The normalized spacial score (nSPS) is 10.8. The molecule has 0 saturated heterocycles. The van der Waals surface area contributed by atoms with Crippen molar-refractivity contribution in [1.82, 2.24) is 9.78 Å².